The molecular weight excluding hydrogens is 156 g/mol. The van der Waals surface area contributed by atoms with Gasteiger partial charge in [-0.1, -0.05) is 6.92 Å². The van der Waals surface area contributed by atoms with Crippen LogP contribution in [0.3, 0.4) is 0 Å². The summed E-state index contributed by atoms with van der Waals surface area (Å²) in [5.41, 5.74) is -0.674. The lowest BCUT2D eigenvalue weighted by Gasteiger charge is -2.18. The van der Waals surface area contributed by atoms with Crippen LogP contribution in [0.5, 0.6) is 0 Å². The van der Waals surface area contributed by atoms with Crippen LogP contribution < -0.4 is 0 Å². The first-order valence-corrected chi connectivity index (χ1v) is 4.25. The highest BCUT2D eigenvalue weighted by atomic mass is 16.4. The van der Waals surface area contributed by atoms with Crippen molar-refractivity contribution in [3.63, 3.8) is 0 Å². The molecule has 1 atom stereocenters. The second-order valence-electron chi connectivity index (χ2n) is 4.05. The topological polar surface area (TPSA) is 57.5 Å². The predicted molar refractivity (Wildman–Crippen MR) is 46.9 cm³/mol. The van der Waals surface area contributed by atoms with Crippen LogP contribution in [0.4, 0.5) is 0 Å². The maximum atomic E-state index is 10.3. The largest absolute Gasteiger partial charge is 0.481 e. The van der Waals surface area contributed by atoms with Crippen LogP contribution in [0.2, 0.25) is 0 Å². The Labute approximate surface area is 73.4 Å². The number of rotatable bonds is 5. The molecule has 0 unspecified atom stereocenters. The third kappa shape index (κ3) is 7.54. The number of carboxylic acids is 1. The zero-order valence-corrected chi connectivity index (χ0v) is 8.00. The van der Waals surface area contributed by atoms with Crippen molar-refractivity contribution < 1.29 is 15.0 Å². The number of hydrogen-bond acceptors (Lipinski definition) is 2. The number of hydrogen-bond donors (Lipinski definition) is 2. The monoisotopic (exact) mass is 174 g/mol. The van der Waals surface area contributed by atoms with E-state index in [0.717, 1.165) is 6.42 Å². The van der Waals surface area contributed by atoms with Gasteiger partial charge in [-0.05, 0) is 32.6 Å². The lowest BCUT2D eigenvalue weighted by Crippen LogP contribution is -2.19. The van der Waals surface area contributed by atoms with E-state index in [9.17, 15) is 9.90 Å². The molecule has 0 aromatic rings. The fourth-order valence-corrected chi connectivity index (χ4v) is 1.000. The van der Waals surface area contributed by atoms with Crippen LogP contribution in [0.25, 0.3) is 0 Å². The van der Waals surface area contributed by atoms with E-state index in [1.165, 1.54) is 0 Å². The molecular formula is C9H18O3. The highest BCUT2D eigenvalue weighted by Gasteiger charge is 2.15. The molecule has 3 heteroatoms. The molecule has 2 N–H and O–H groups in total. The van der Waals surface area contributed by atoms with Crippen LogP contribution in [-0.2, 0) is 4.79 Å². The standard InChI is InChI=1S/C9H18O3/c1-7(6-8(10)11)4-5-9(2,3)12/h7,12H,4-6H2,1-3H3,(H,10,11)/t7-/m1/s1. The molecule has 3 nitrogen and oxygen atoms in total. The van der Waals surface area contributed by atoms with Gasteiger partial charge >= 0.3 is 5.97 Å². The van der Waals surface area contributed by atoms with E-state index in [4.69, 9.17) is 5.11 Å². The van der Waals surface area contributed by atoms with Crippen LogP contribution in [0.15, 0.2) is 0 Å². The van der Waals surface area contributed by atoms with Crippen molar-refractivity contribution in [3.05, 3.63) is 0 Å². The van der Waals surface area contributed by atoms with Gasteiger partial charge in [-0.3, -0.25) is 4.79 Å². The Morgan fingerprint density at radius 3 is 2.33 bits per heavy atom. The average Bonchev–Trinajstić information content (AvgIpc) is 1.80. The number of carboxylic acid groups (broad SMARTS) is 1. The van der Waals surface area contributed by atoms with Crippen molar-refractivity contribution in [2.24, 2.45) is 5.92 Å². The van der Waals surface area contributed by atoms with Crippen molar-refractivity contribution in [3.8, 4) is 0 Å². The smallest absolute Gasteiger partial charge is 0.303 e. The minimum atomic E-state index is -0.766. The second-order valence-corrected chi connectivity index (χ2v) is 4.05. The molecule has 0 aromatic heterocycles. The van der Waals surface area contributed by atoms with Crippen LogP contribution in [0.1, 0.15) is 40.0 Å². The molecule has 0 aliphatic heterocycles. The van der Waals surface area contributed by atoms with Gasteiger partial charge in [0.1, 0.15) is 0 Å². The zero-order valence-electron chi connectivity index (χ0n) is 8.00. The summed E-state index contributed by atoms with van der Waals surface area (Å²) in [5.74, 6) is -0.618. The number of carbonyl (C=O) groups is 1. The Balaban J connectivity index is 3.57. The molecule has 0 amide bonds. The van der Waals surface area contributed by atoms with Crippen LogP contribution in [-0.4, -0.2) is 21.8 Å². The Kier molecular flexibility index (Phi) is 4.24. The summed E-state index contributed by atoms with van der Waals surface area (Å²) in [5, 5.41) is 17.8. The molecule has 72 valence electrons. The lowest BCUT2D eigenvalue weighted by atomic mass is 9.94. The minimum absolute atomic E-state index is 0.147. The maximum absolute atomic E-state index is 10.3. The SMILES string of the molecule is C[C@H](CCC(C)(C)O)CC(=O)O. The highest BCUT2D eigenvalue weighted by molar-refractivity contribution is 5.66. The molecule has 0 radical (unpaired) electrons. The van der Waals surface area contributed by atoms with E-state index in [2.05, 4.69) is 0 Å². The fraction of sp³-hybridized carbons (Fsp3) is 0.889. The van der Waals surface area contributed by atoms with Gasteiger partial charge in [0.2, 0.25) is 0 Å². The Morgan fingerprint density at radius 1 is 1.50 bits per heavy atom. The number of aliphatic hydroxyl groups is 1. The maximum Gasteiger partial charge on any atom is 0.303 e. The minimum Gasteiger partial charge on any atom is -0.481 e. The summed E-state index contributed by atoms with van der Waals surface area (Å²) >= 11 is 0. The molecule has 0 bridgehead atoms. The molecule has 0 saturated heterocycles. The van der Waals surface area contributed by atoms with Crippen molar-refractivity contribution in [1.82, 2.24) is 0 Å². The molecule has 0 spiro atoms. The Bertz CT molecular complexity index is 146. The predicted octanol–water partition coefficient (Wildman–Crippen LogP) is 1.65. The molecule has 0 fully saturated rings. The van der Waals surface area contributed by atoms with E-state index in [0.29, 0.717) is 6.42 Å². The summed E-state index contributed by atoms with van der Waals surface area (Å²) in [6.07, 6.45) is 1.60. The zero-order chi connectivity index (χ0) is 9.78. The normalized spacial score (nSPS) is 14.3. The summed E-state index contributed by atoms with van der Waals surface area (Å²) in [7, 11) is 0. The van der Waals surface area contributed by atoms with Gasteiger partial charge in [-0.15, -0.1) is 0 Å². The first kappa shape index (κ1) is 11.4. The van der Waals surface area contributed by atoms with Crippen molar-refractivity contribution in [2.75, 3.05) is 0 Å². The van der Waals surface area contributed by atoms with Crippen molar-refractivity contribution >= 4 is 5.97 Å². The fourth-order valence-electron chi connectivity index (χ4n) is 1.000. The van der Waals surface area contributed by atoms with Gasteiger partial charge in [-0.2, -0.15) is 0 Å². The van der Waals surface area contributed by atoms with Gasteiger partial charge in [0, 0.05) is 6.42 Å². The van der Waals surface area contributed by atoms with Gasteiger partial charge < -0.3 is 10.2 Å². The molecule has 12 heavy (non-hydrogen) atoms. The lowest BCUT2D eigenvalue weighted by molar-refractivity contribution is -0.138. The second kappa shape index (κ2) is 4.45. The third-order valence-electron chi connectivity index (χ3n) is 1.77. The summed E-state index contributed by atoms with van der Waals surface area (Å²) in [6.45, 7) is 5.36. The Morgan fingerprint density at radius 2 is 2.00 bits per heavy atom. The third-order valence-corrected chi connectivity index (χ3v) is 1.77. The highest BCUT2D eigenvalue weighted by Crippen LogP contribution is 2.17. The summed E-state index contributed by atoms with van der Waals surface area (Å²) < 4.78 is 0. The van der Waals surface area contributed by atoms with Crippen molar-refractivity contribution in [1.29, 1.82) is 0 Å². The molecule has 0 aromatic carbocycles. The number of aliphatic carboxylic acids is 1. The summed E-state index contributed by atoms with van der Waals surface area (Å²) in [4.78, 5) is 10.3. The summed E-state index contributed by atoms with van der Waals surface area (Å²) in [6, 6.07) is 0. The average molecular weight is 174 g/mol. The van der Waals surface area contributed by atoms with Gasteiger partial charge in [0.05, 0.1) is 5.60 Å². The van der Waals surface area contributed by atoms with E-state index in [-0.39, 0.29) is 12.3 Å². The molecule has 0 aliphatic rings. The van der Waals surface area contributed by atoms with E-state index < -0.39 is 11.6 Å². The molecule has 0 aliphatic carbocycles. The van der Waals surface area contributed by atoms with Gasteiger partial charge in [0.15, 0.2) is 0 Å². The van der Waals surface area contributed by atoms with Crippen molar-refractivity contribution in [2.45, 2.75) is 45.6 Å². The van der Waals surface area contributed by atoms with E-state index in [1.54, 1.807) is 13.8 Å². The molecule has 0 rings (SSSR count). The first-order chi connectivity index (χ1) is 5.31. The van der Waals surface area contributed by atoms with Crippen LogP contribution >= 0.6 is 0 Å². The van der Waals surface area contributed by atoms with Gasteiger partial charge in [0.25, 0.3) is 0 Å². The van der Waals surface area contributed by atoms with Gasteiger partial charge in [-0.25, -0.2) is 0 Å². The first-order valence-electron chi connectivity index (χ1n) is 4.25. The van der Waals surface area contributed by atoms with Crippen LogP contribution in [0, 0.1) is 5.92 Å². The Hall–Kier alpha value is -0.570. The molecule has 0 saturated carbocycles. The van der Waals surface area contributed by atoms with E-state index in [1.807, 2.05) is 6.92 Å². The van der Waals surface area contributed by atoms with E-state index >= 15 is 0 Å². The molecule has 0 heterocycles. The quantitative estimate of drug-likeness (QED) is 0.666.